The number of nitrogens with one attached hydrogen (secondary N) is 1. The van der Waals surface area contributed by atoms with Gasteiger partial charge in [0.05, 0.1) is 32.0 Å². The second-order valence-corrected chi connectivity index (χ2v) is 22.9. The van der Waals surface area contributed by atoms with E-state index in [9.17, 15) is 45.6 Å². The van der Waals surface area contributed by atoms with Crippen LogP contribution in [0.5, 0.6) is 0 Å². The molecular weight excluding hydrogens is 1050 g/mol. The van der Waals surface area contributed by atoms with Gasteiger partial charge >= 0.3 is 0 Å². The van der Waals surface area contributed by atoms with Crippen molar-refractivity contribution in [2.75, 3.05) is 19.8 Å². The summed E-state index contributed by atoms with van der Waals surface area (Å²) in [6, 6.07) is -0.844. The van der Waals surface area contributed by atoms with Crippen molar-refractivity contribution in [2.24, 2.45) is 0 Å². The molecule has 14 nitrogen and oxygen atoms in total. The Morgan fingerprint density at radius 2 is 0.831 bits per heavy atom. The number of ether oxygens (including phenoxy) is 4. The molecule has 83 heavy (non-hydrogen) atoms. The Kier molecular flexibility index (Phi) is 48.7. The zero-order chi connectivity index (χ0) is 60.2. The lowest BCUT2D eigenvalue weighted by Crippen LogP contribution is -2.65. The summed E-state index contributed by atoms with van der Waals surface area (Å²) < 4.78 is 22.9. The summed E-state index contributed by atoms with van der Waals surface area (Å²) in [7, 11) is 0. The fourth-order valence-electron chi connectivity index (χ4n) is 10.3. The highest BCUT2D eigenvalue weighted by Crippen LogP contribution is 2.30. The van der Waals surface area contributed by atoms with Crippen molar-refractivity contribution in [1.29, 1.82) is 0 Å². The number of unbranched alkanes of at least 4 members (excludes halogenated alkanes) is 23. The Labute approximate surface area is 503 Å². The SMILES string of the molecule is CC/C=C\C/C=C\C/C=C\C/C=C\C/C=C\C/C=C\C/C=C\C/C=C\CCCCCCCCC(=O)NC(COC1OC(CO)C(OC2OC(CO)C(O)C(O)C2O)C(O)C1O)C(O)CCCCCCCCCCCCCCCCCCCC. The molecule has 2 rings (SSSR count). The number of hydrogen-bond donors (Lipinski definition) is 9. The van der Waals surface area contributed by atoms with E-state index in [1.165, 1.54) is 89.9 Å². The molecule has 0 spiro atoms. The minimum absolute atomic E-state index is 0.224. The van der Waals surface area contributed by atoms with Crippen molar-refractivity contribution in [3.63, 3.8) is 0 Å². The van der Waals surface area contributed by atoms with E-state index in [4.69, 9.17) is 18.9 Å². The van der Waals surface area contributed by atoms with Gasteiger partial charge in [-0.1, -0.05) is 252 Å². The third-order valence-corrected chi connectivity index (χ3v) is 15.6. The predicted molar refractivity (Wildman–Crippen MR) is 336 cm³/mol. The summed E-state index contributed by atoms with van der Waals surface area (Å²) in [4.78, 5) is 13.3. The molecule has 0 aromatic rings. The maximum absolute atomic E-state index is 13.3. The van der Waals surface area contributed by atoms with Crippen LogP contribution in [0.15, 0.2) is 97.2 Å². The van der Waals surface area contributed by atoms with Crippen LogP contribution < -0.4 is 5.32 Å². The molecule has 0 saturated carbocycles. The van der Waals surface area contributed by atoms with Gasteiger partial charge in [0.15, 0.2) is 12.6 Å². The summed E-state index contributed by atoms with van der Waals surface area (Å²) >= 11 is 0. The standard InChI is InChI=1S/C69H119NO13/c1-3-5-7-9-11-13-15-17-19-21-23-24-25-26-27-28-29-30-31-32-33-34-35-37-39-41-43-45-47-49-51-53-61(74)70-57(58(73)52-50-48-46-44-42-40-38-36-22-20-18-16-14-12-10-8-6-4-2)56-80-68-66(79)64(77)67(60(55-72)82-68)83-69-65(78)63(76)62(75)59(54-71)81-69/h5,7,11,13,17,19,23-24,26-27,29-30,32-33,35,37,57-60,62-69,71-73,75-79H,3-4,6,8-10,12,14-16,18,20-22,25,28,31,34,36,38-56H2,1-2H3,(H,70,74)/b7-5-,13-11-,19-17-,24-23-,27-26-,30-29-,33-32-,37-35-. The van der Waals surface area contributed by atoms with Crippen LogP contribution >= 0.6 is 0 Å². The van der Waals surface area contributed by atoms with E-state index in [-0.39, 0.29) is 18.9 Å². The monoisotopic (exact) mass is 1170 g/mol. The fourth-order valence-corrected chi connectivity index (χ4v) is 10.3. The van der Waals surface area contributed by atoms with Crippen molar-refractivity contribution in [2.45, 2.75) is 312 Å². The highest BCUT2D eigenvalue weighted by atomic mass is 16.7. The van der Waals surface area contributed by atoms with E-state index in [1.807, 2.05) is 0 Å². The number of carbonyl (C=O) groups excluding carboxylic acids is 1. The van der Waals surface area contributed by atoms with E-state index in [0.717, 1.165) is 116 Å². The molecule has 2 saturated heterocycles. The Bertz CT molecular complexity index is 1760. The maximum Gasteiger partial charge on any atom is 0.220 e. The molecule has 12 atom stereocenters. The Morgan fingerprint density at radius 1 is 0.446 bits per heavy atom. The Morgan fingerprint density at radius 3 is 1.28 bits per heavy atom. The topological polar surface area (TPSA) is 228 Å². The lowest BCUT2D eigenvalue weighted by molar-refractivity contribution is -0.359. The first kappa shape index (κ1) is 76.0. The van der Waals surface area contributed by atoms with Crippen LogP contribution in [0.3, 0.4) is 0 Å². The van der Waals surface area contributed by atoms with Crippen LogP contribution in [0.2, 0.25) is 0 Å². The third kappa shape index (κ3) is 37.9. The van der Waals surface area contributed by atoms with Gasteiger partial charge in [-0.3, -0.25) is 4.79 Å². The molecule has 0 aromatic heterocycles. The molecule has 0 bridgehead atoms. The molecule has 0 aromatic carbocycles. The minimum Gasteiger partial charge on any atom is -0.394 e. The Balaban J connectivity index is 1.71. The summed E-state index contributed by atoms with van der Waals surface area (Å²) in [6.45, 7) is 2.74. The van der Waals surface area contributed by atoms with Gasteiger partial charge in [0.2, 0.25) is 5.91 Å². The van der Waals surface area contributed by atoms with Crippen molar-refractivity contribution in [3.8, 4) is 0 Å². The quantitative estimate of drug-likeness (QED) is 0.0204. The van der Waals surface area contributed by atoms with Crippen LogP contribution in [-0.2, 0) is 23.7 Å². The van der Waals surface area contributed by atoms with Gasteiger partial charge in [0.25, 0.3) is 0 Å². The van der Waals surface area contributed by atoms with Crippen LogP contribution in [0.4, 0.5) is 0 Å². The summed E-state index contributed by atoms with van der Waals surface area (Å²) in [5, 5.41) is 87.5. The first-order valence-corrected chi connectivity index (χ1v) is 33.0. The minimum atomic E-state index is -1.79. The number of rotatable bonds is 52. The predicted octanol–water partition coefficient (Wildman–Crippen LogP) is 12.6. The molecule has 2 heterocycles. The highest BCUT2D eigenvalue weighted by Gasteiger charge is 2.51. The molecule has 14 heteroatoms. The third-order valence-electron chi connectivity index (χ3n) is 15.6. The van der Waals surface area contributed by atoms with Crippen LogP contribution in [0.25, 0.3) is 0 Å². The highest BCUT2D eigenvalue weighted by molar-refractivity contribution is 5.76. The Hall–Kier alpha value is -3.09. The lowest BCUT2D eigenvalue weighted by atomic mass is 9.97. The van der Waals surface area contributed by atoms with Crippen LogP contribution in [0.1, 0.15) is 239 Å². The zero-order valence-electron chi connectivity index (χ0n) is 51.7. The van der Waals surface area contributed by atoms with Crippen LogP contribution in [0, 0.1) is 0 Å². The van der Waals surface area contributed by atoms with Crippen molar-refractivity contribution < 1.29 is 64.6 Å². The van der Waals surface area contributed by atoms with E-state index in [0.29, 0.717) is 12.8 Å². The number of hydrogen-bond acceptors (Lipinski definition) is 13. The molecule has 9 N–H and O–H groups in total. The molecule has 478 valence electrons. The number of allylic oxidation sites excluding steroid dienone is 16. The van der Waals surface area contributed by atoms with Crippen molar-refractivity contribution >= 4 is 5.91 Å². The molecule has 0 radical (unpaired) electrons. The normalized spacial score (nSPS) is 24.5. The smallest absolute Gasteiger partial charge is 0.220 e. The van der Waals surface area contributed by atoms with Gasteiger partial charge in [-0.05, 0) is 77.0 Å². The molecule has 2 fully saturated rings. The van der Waals surface area contributed by atoms with Gasteiger partial charge in [-0.25, -0.2) is 0 Å². The molecule has 2 aliphatic rings. The summed E-state index contributed by atoms with van der Waals surface area (Å²) in [5.74, 6) is -0.224. The maximum atomic E-state index is 13.3. The number of aliphatic hydroxyl groups excluding tert-OH is 8. The summed E-state index contributed by atoms with van der Waals surface area (Å²) in [5.41, 5.74) is 0. The average molecular weight is 1170 g/mol. The van der Waals surface area contributed by atoms with Gasteiger partial charge in [0.1, 0.15) is 48.8 Å². The van der Waals surface area contributed by atoms with Gasteiger partial charge in [-0.15, -0.1) is 0 Å². The van der Waals surface area contributed by atoms with Gasteiger partial charge < -0.3 is 65.1 Å². The lowest BCUT2D eigenvalue weighted by Gasteiger charge is -2.46. The second-order valence-electron chi connectivity index (χ2n) is 22.9. The largest absolute Gasteiger partial charge is 0.394 e. The number of amides is 1. The number of aliphatic hydroxyl groups is 8. The molecule has 0 aliphatic carbocycles. The fraction of sp³-hybridized carbons (Fsp3) is 0.754. The second kappa shape index (κ2) is 53.2. The number of carbonyl (C=O) groups is 1. The first-order chi connectivity index (χ1) is 40.6. The average Bonchev–Trinajstić information content (AvgIpc) is 3.64. The zero-order valence-corrected chi connectivity index (χ0v) is 51.7. The summed E-state index contributed by atoms with van der Waals surface area (Å²) in [6.07, 6.45) is 56.8. The van der Waals surface area contributed by atoms with E-state index in [2.05, 4.69) is 116 Å². The molecular formula is C69H119NO13. The van der Waals surface area contributed by atoms with Crippen molar-refractivity contribution in [3.05, 3.63) is 97.2 Å². The van der Waals surface area contributed by atoms with Gasteiger partial charge in [-0.2, -0.15) is 0 Å². The van der Waals surface area contributed by atoms with Crippen LogP contribution in [-0.4, -0.2) is 140 Å². The first-order valence-electron chi connectivity index (χ1n) is 33.0. The van der Waals surface area contributed by atoms with Gasteiger partial charge in [0, 0.05) is 6.42 Å². The van der Waals surface area contributed by atoms with E-state index in [1.54, 1.807) is 0 Å². The van der Waals surface area contributed by atoms with E-state index >= 15 is 0 Å². The molecule has 1 amide bonds. The van der Waals surface area contributed by atoms with Crippen molar-refractivity contribution in [1.82, 2.24) is 5.32 Å². The molecule has 2 aliphatic heterocycles. The van der Waals surface area contributed by atoms with E-state index < -0.39 is 86.8 Å². The molecule has 12 unspecified atom stereocenters.